The number of nitrogens with two attached hydrogens (primary N) is 1. The lowest BCUT2D eigenvalue weighted by atomic mass is 10.0. The summed E-state index contributed by atoms with van der Waals surface area (Å²) in [5.41, 5.74) is 7.02. The molecule has 2 rings (SSSR count). The summed E-state index contributed by atoms with van der Waals surface area (Å²) in [6.45, 7) is 2.01. The first-order valence-corrected chi connectivity index (χ1v) is 7.76. The number of primary amides is 1. The molecule has 4 nitrogen and oxygen atoms in total. The number of nitrogens with one attached hydrogen (secondary N) is 1. The van der Waals surface area contributed by atoms with Crippen LogP contribution >= 0.6 is 15.9 Å². The van der Waals surface area contributed by atoms with Gasteiger partial charge in [-0.1, -0.05) is 41.1 Å². The quantitative estimate of drug-likeness (QED) is 0.857. The third-order valence-corrected chi connectivity index (χ3v) is 3.92. The molecule has 0 saturated carbocycles. The van der Waals surface area contributed by atoms with Crippen molar-refractivity contribution in [3.8, 4) is 0 Å². The van der Waals surface area contributed by atoms with Crippen LogP contribution in [0.25, 0.3) is 0 Å². The maximum Gasteiger partial charge on any atom is 0.251 e. The number of benzene rings is 2. The molecule has 2 aromatic carbocycles. The Labute approximate surface area is 137 Å². The van der Waals surface area contributed by atoms with Crippen LogP contribution < -0.4 is 11.1 Å². The van der Waals surface area contributed by atoms with Gasteiger partial charge in [-0.15, -0.1) is 0 Å². The Morgan fingerprint density at radius 3 is 2.36 bits per heavy atom. The van der Waals surface area contributed by atoms with Gasteiger partial charge < -0.3 is 11.1 Å². The van der Waals surface area contributed by atoms with Gasteiger partial charge in [0.2, 0.25) is 5.91 Å². The van der Waals surface area contributed by atoms with Crippen molar-refractivity contribution in [1.29, 1.82) is 0 Å². The van der Waals surface area contributed by atoms with Gasteiger partial charge in [-0.3, -0.25) is 9.59 Å². The molecule has 22 heavy (non-hydrogen) atoms. The third kappa shape index (κ3) is 3.95. The van der Waals surface area contributed by atoms with E-state index >= 15 is 0 Å². The molecular formula is C17H17BrN2O2. The van der Waals surface area contributed by atoms with E-state index in [0.717, 1.165) is 16.5 Å². The first-order chi connectivity index (χ1) is 10.5. The van der Waals surface area contributed by atoms with Crippen LogP contribution in [0.4, 0.5) is 0 Å². The molecule has 0 spiro atoms. The van der Waals surface area contributed by atoms with E-state index in [0.29, 0.717) is 11.1 Å². The average Bonchev–Trinajstić information content (AvgIpc) is 2.53. The number of carbonyl (C=O) groups excluding carboxylic acids is 2. The van der Waals surface area contributed by atoms with Crippen molar-refractivity contribution in [2.45, 2.75) is 19.4 Å². The Morgan fingerprint density at radius 1 is 1.14 bits per heavy atom. The third-order valence-electron chi connectivity index (χ3n) is 3.40. The summed E-state index contributed by atoms with van der Waals surface area (Å²) in [6.07, 6.45) is 0.767. The van der Waals surface area contributed by atoms with Crippen molar-refractivity contribution in [3.63, 3.8) is 0 Å². The molecular weight excluding hydrogens is 344 g/mol. The highest BCUT2D eigenvalue weighted by atomic mass is 79.9. The van der Waals surface area contributed by atoms with E-state index in [-0.39, 0.29) is 11.9 Å². The predicted molar refractivity (Wildman–Crippen MR) is 89.6 cm³/mol. The van der Waals surface area contributed by atoms with Gasteiger partial charge in [0.15, 0.2) is 0 Å². The lowest BCUT2D eigenvalue weighted by Gasteiger charge is -2.18. The molecule has 0 heterocycles. The zero-order chi connectivity index (χ0) is 16.1. The monoisotopic (exact) mass is 360 g/mol. The number of halogens is 1. The fourth-order valence-corrected chi connectivity index (χ4v) is 2.44. The van der Waals surface area contributed by atoms with Gasteiger partial charge in [-0.2, -0.15) is 0 Å². The second-order valence-corrected chi connectivity index (χ2v) is 5.85. The number of hydrogen-bond acceptors (Lipinski definition) is 2. The van der Waals surface area contributed by atoms with Crippen molar-refractivity contribution in [2.24, 2.45) is 5.73 Å². The lowest BCUT2D eigenvalue weighted by Crippen LogP contribution is -2.28. The van der Waals surface area contributed by atoms with Crippen molar-refractivity contribution < 1.29 is 9.59 Å². The first-order valence-electron chi connectivity index (χ1n) is 6.97. The highest BCUT2D eigenvalue weighted by molar-refractivity contribution is 9.10. The van der Waals surface area contributed by atoms with E-state index in [1.165, 1.54) is 6.07 Å². The van der Waals surface area contributed by atoms with Gasteiger partial charge in [-0.05, 0) is 42.3 Å². The molecule has 0 radical (unpaired) electrons. The normalized spacial score (nSPS) is 11.7. The SMILES string of the molecule is CCC(NC(=O)c1cccc(C(N)=O)c1)c1ccc(Br)cc1. The molecule has 3 N–H and O–H groups in total. The fourth-order valence-electron chi connectivity index (χ4n) is 2.17. The molecule has 0 aliphatic heterocycles. The highest BCUT2D eigenvalue weighted by Gasteiger charge is 2.15. The van der Waals surface area contributed by atoms with Gasteiger partial charge in [-0.25, -0.2) is 0 Å². The minimum atomic E-state index is -0.547. The summed E-state index contributed by atoms with van der Waals surface area (Å²) in [5, 5.41) is 2.98. The summed E-state index contributed by atoms with van der Waals surface area (Å²) >= 11 is 3.39. The van der Waals surface area contributed by atoms with E-state index in [1.807, 2.05) is 31.2 Å². The van der Waals surface area contributed by atoms with E-state index in [4.69, 9.17) is 5.73 Å². The minimum Gasteiger partial charge on any atom is -0.366 e. The van der Waals surface area contributed by atoms with Crippen molar-refractivity contribution in [2.75, 3.05) is 0 Å². The largest absolute Gasteiger partial charge is 0.366 e. The molecule has 0 fully saturated rings. The van der Waals surface area contributed by atoms with Crippen molar-refractivity contribution in [3.05, 3.63) is 69.7 Å². The van der Waals surface area contributed by atoms with Crippen LogP contribution in [0.15, 0.2) is 53.0 Å². The maximum absolute atomic E-state index is 12.4. The van der Waals surface area contributed by atoms with Crippen LogP contribution in [-0.4, -0.2) is 11.8 Å². The van der Waals surface area contributed by atoms with Crippen molar-refractivity contribution in [1.82, 2.24) is 5.32 Å². The molecule has 0 aliphatic carbocycles. The van der Waals surface area contributed by atoms with E-state index in [1.54, 1.807) is 18.2 Å². The number of hydrogen-bond donors (Lipinski definition) is 2. The van der Waals surface area contributed by atoms with Gasteiger partial charge in [0.05, 0.1) is 6.04 Å². The molecule has 1 atom stereocenters. The molecule has 0 saturated heterocycles. The summed E-state index contributed by atoms with van der Waals surface area (Å²) < 4.78 is 0.992. The summed E-state index contributed by atoms with van der Waals surface area (Å²) in [5.74, 6) is -0.771. The molecule has 0 aliphatic rings. The number of rotatable bonds is 5. The topological polar surface area (TPSA) is 72.2 Å². The van der Waals surface area contributed by atoms with E-state index < -0.39 is 5.91 Å². The Bertz CT molecular complexity index is 683. The van der Waals surface area contributed by atoms with Crippen LogP contribution in [0.1, 0.15) is 45.7 Å². The van der Waals surface area contributed by atoms with Gasteiger partial charge >= 0.3 is 0 Å². The summed E-state index contributed by atoms with van der Waals surface area (Å²) in [7, 11) is 0. The average molecular weight is 361 g/mol. The molecule has 0 bridgehead atoms. The molecule has 114 valence electrons. The second kappa shape index (κ2) is 7.22. The predicted octanol–water partition coefficient (Wildman–Crippen LogP) is 3.43. The van der Waals surface area contributed by atoms with Crippen LogP contribution in [0.5, 0.6) is 0 Å². The van der Waals surface area contributed by atoms with Gasteiger partial charge in [0.25, 0.3) is 5.91 Å². The Morgan fingerprint density at radius 2 is 1.77 bits per heavy atom. The van der Waals surface area contributed by atoms with Crippen molar-refractivity contribution >= 4 is 27.7 Å². The Hall–Kier alpha value is -2.14. The summed E-state index contributed by atoms with van der Waals surface area (Å²) in [4.78, 5) is 23.6. The maximum atomic E-state index is 12.4. The van der Waals surface area contributed by atoms with Gasteiger partial charge in [0.1, 0.15) is 0 Å². The van der Waals surface area contributed by atoms with Crippen LogP contribution in [0.3, 0.4) is 0 Å². The smallest absolute Gasteiger partial charge is 0.251 e. The second-order valence-electron chi connectivity index (χ2n) is 4.93. The molecule has 5 heteroatoms. The zero-order valence-corrected chi connectivity index (χ0v) is 13.8. The summed E-state index contributed by atoms with van der Waals surface area (Å²) in [6, 6.07) is 14.1. The highest BCUT2D eigenvalue weighted by Crippen LogP contribution is 2.20. The Kier molecular flexibility index (Phi) is 5.33. The molecule has 1 unspecified atom stereocenters. The minimum absolute atomic E-state index is 0.0853. The first kappa shape index (κ1) is 16.2. The number of amides is 2. The molecule has 0 aromatic heterocycles. The lowest BCUT2D eigenvalue weighted by molar-refractivity contribution is 0.0935. The molecule has 2 aromatic rings. The van der Waals surface area contributed by atoms with E-state index in [2.05, 4.69) is 21.2 Å². The number of carbonyl (C=O) groups is 2. The fraction of sp³-hybridized carbons (Fsp3) is 0.176. The molecule has 2 amide bonds. The van der Waals surface area contributed by atoms with Crippen LogP contribution in [0.2, 0.25) is 0 Å². The zero-order valence-electron chi connectivity index (χ0n) is 12.2. The van der Waals surface area contributed by atoms with Crippen LogP contribution in [-0.2, 0) is 0 Å². The van der Waals surface area contributed by atoms with E-state index in [9.17, 15) is 9.59 Å². The van der Waals surface area contributed by atoms with Crippen LogP contribution in [0, 0.1) is 0 Å². The Balaban J connectivity index is 2.17. The van der Waals surface area contributed by atoms with Gasteiger partial charge in [0, 0.05) is 15.6 Å². The standard InChI is InChI=1S/C17H17BrN2O2/c1-2-15(11-6-8-14(18)9-7-11)20-17(22)13-5-3-4-12(10-13)16(19)21/h3-10,15H,2H2,1H3,(H2,19,21)(H,20,22).